The number of aryl methyl sites for hydroxylation is 1. The third-order valence-electron chi connectivity index (χ3n) is 4.87. The number of nitrogens with one attached hydrogen (secondary N) is 2. The van der Waals surface area contributed by atoms with E-state index in [2.05, 4.69) is 29.7 Å². The van der Waals surface area contributed by atoms with Crippen molar-refractivity contribution in [2.75, 3.05) is 25.0 Å². The normalized spacial score (nSPS) is 22.7. The third kappa shape index (κ3) is 3.53. The van der Waals surface area contributed by atoms with Crippen LogP contribution in [0.2, 0.25) is 0 Å². The van der Waals surface area contributed by atoms with E-state index in [0.717, 1.165) is 31.5 Å². The highest BCUT2D eigenvalue weighted by atomic mass is 16.2. The average molecular weight is 330 g/mol. The highest BCUT2D eigenvalue weighted by Crippen LogP contribution is 2.30. The van der Waals surface area contributed by atoms with Gasteiger partial charge >= 0.3 is 0 Å². The van der Waals surface area contributed by atoms with E-state index in [-0.39, 0.29) is 23.9 Å². The molecule has 1 fully saturated rings. The molecule has 0 spiro atoms. The van der Waals surface area contributed by atoms with Gasteiger partial charge < -0.3 is 21.3 Å². The van der Waals surface area contributed by atoms with Crippen LogP contribution in [0.4, 0.5) is 5.69 Å². The van der Waals surface area contributed by atoms with Crippen molar-refractivity contribution in [3.8, 4) is 0 Å². The summed E-state index contributed by atoms with van der Waals surface area (Å²) < 4.78 is 0. The second-order valence-electron chi connectivity index (χ2n) is 6.74. The summed E-state index contributed by atoms with van der Waals surface area (Å²) in [7, 11) is 0. The molecule has 0 saturated carbocycles. The summed E-state index contributed by atoms with van der Waals surface area (Å²) >= 11 is 0. The minimum absolute atomic E-state index is 0.0289. The van der Waals surface area contributed by atoms with Crippen LogP contribution < -0.4 is 16.4 Å². The lowest BCUT2D eigenvalue weighted by Gasteiger charge is -2.34. The van der Waals surface area contributed by atoms with E-state index < -0.39 is 0 Å². The zero-order valence-electron chi connectivity index (χ0n) is 14.2. The van der Waals surface area contributed by atoms with Gasteiger partial charge in [-0.05, 0) is 30.9 Å². The number of amides is 2. The van der Waals surface area contributed by atoms with Crippen LogP contribution in [0.1, 0.15) is 30.4 Å². The van der Waals surface area contributed by atoms with Crippen LogP contribution in [0.25, 0.3) is 0 Å². The molecule has 0 aromatic heterocycles. The molecule has 2 heterocycles. The molecule has 24 heavy (non-hydrogen) atoms. The fourth-order valence-electron chi connectivity index (χ4n) is 3.65. The van der Waals surface area contributed by atoms with E-state index in [9.17, 15) is 9.59 Å². The lowest BCUT2D eigenvalue weighted by molar-refractivity contribution is -0.134. The van der Waals surface area contributed by atoms with Gasteiger partial charge in [-0.15, -0.1) is 0 Å². The average Bonchev–Trinajstić information content (AvgIpc) is 3.00. The summed E-state index contributed by atoms with van der Waals surface area (Å²) in [6.07, 6.45) is 2.90. The molecule has 1 aromatic rings. The minimum Gasteiger partial charge on any atom is -0.373 e. The summed E-state index contributed by atoms with van der Waals surface area (Å²) in [6, 6.07) is 6.01. The number of nitrogens with zero attached hydrogens (tertiary/aromatic N) is 1. The van der Waals surface area contributed by atoms with E-state index >= 15 is 0 Å². The van der Waals surface area contributed by atoms with Gasteiger partial charge in [-0.3, -0.25) is 9.59 Å². The summed E-state index contributed by atoms with van der Waals surface area (Å²) in [5, 5.41) is 6.37. The molecule has 0 radical (unpaired) electrons. The van der Waals surface area contributed by atoms with Crippen molar-refractivity contribution in [2.24, 2.45) is 5.73 Å². The Hall–Kier alpha value is -2.08. The topological polar surface area (TPSA) is 87.5 Å². The predicted octanol–water partition coefficient (Wildman–Crippen LogP) is 0.788. The van der Waals surface area contributed by atoms with Crippen LogP contribution in [0.3, 0.4) is 0 Å². The van der Waals surface area contributed by atoms with Gasteiger partial charge in [-0.2, -0.15) is 0 Å². The zero-order chi connectivity index (χ0) is 17.1. The van der Waals surface area contributed by atoms with Gasteiger partial charge in [0.05, 0.1) is 0 Å². The van der Waals surface area contributed by atoms with Crippen molar-refractivity contribution in [3.05, 3.63) is 29.3 Å². The first kappa shape index (κ1) is 16.8. The number of hydrogen-bond donors (Lipinski definition) is 3. The van der Waals surface area contributed by atoms with E-state index in [4.69, 9.17) is 5.73 Å². The highest BCUT2D eigenvalue weighted by Gasteiger charge is 2.33. The zero-order valence-corrected chi connectivity index (χ0v) is 14.2. The Balaban J connectivity index is 1.60. The van der Waals surface area contributed by atoms with Crippen LogP contribution in [0.5, 0.6) is 0 Å². The smallest absolute Gasteiger partial charge is 0.245 e. The lowest BCUT2D eigenvalue weighted by Crippen LogP contribution is -2.53. The lowest BCUT2D eigenvalue weighted by atomic mass is 10.0. The second kappa shape index (κ2) is 7.21. The second-order valence-corrected chi connectivity index (χ2v) is 6.74. The van der Waals surface area contributed by atoms with Crippen LogP contribution in [-0.4, -0.2) is 48.4 Å². The van der Waals surface area contributed by atoms with Gasteiger partial charge in [0.1, 0.15) is 6.04 Å². The molecule has 6 heteroatoms. The molecule has 2 aliphatic heterocycles. The molecule has 2 amide bonds. The number of carbonyl (C=O) groups excluding carboxylic acids is 2. The molecule has 2 unspecified atom stereocenters. The van der Waals surface area contributed by atoms with Crippen LogP contribution in [0.15, 0.2) is 18.2 Å². The van der Waals surface area contributed by atoms with E-state index in [1.807, 2.05) is 11.0 Å². The summed E-state index contributed by atoms with van der Waals surface area (Å²) in [5.74, 6) is 0.0993. The Bertz CT molecular complexity index is 631. The Morgan fingerprint density at radius 2 is 2.25 bits per heavy atom. The Kier molecular flexibility index (Phi) is 5.04. The number of para-hydroxylation sites is 1. The van der Waals surface area contributed by atoms with Gasteiger partial charge in [0.2, 0.25) is 11.8 Å². The Morgan fingerprint density at radius 3 is 3.00 bits per heavy atom. The van der Waals surface area contributed by atoms with Gasteiger partial charge in [0.15, 0.2) is 0 Å². The first-order valence-corrected chi connectivity index (χ1v) is 8.71. The van der Waals surface area contributed by atoms with Crippen molar-refractivity contribution >= 4 is 17.5 Å². The Morgan fingerprint density at radius 1 is 1.42 bits per heavy atom. The van der Waals surface area contributed by atoms with Gasteiger partial charge in [-0.1, -0.05) is 18.2 Å². The maximum atomic E-state index is 12.9. The van der Waals surface area contributed by atoms with Crippen LogP contribution in [-0.2, 0) is 16.0 Å². The van der Waals surface area contributed by atoms with Gasteiger partial charge in [-0.25, -0.2) is 0 Å². The number of rotatable bonds is 4. The molecule has 1 saturated heterocycles. The summed E-state index contributed by atoms with van der Waals surface area (Å²) in [5.41, 5.74) is 8.89. The monoisotopic (exact) mass is 330 g/mol. The molecule has 0 aliphatic carbocycles. The molecule has 6 nitrogen and oxygen atoms in total. The molecule has 4 N–H and O–H groups in total. The molecular formula is C18H26N4O2. The van der Waals surface area contributed by atoms with Crippen molar-refractivity contribution < 1.29 is 9.59 Å². The number of benzene rings is 1. The molecule has 3 rings (SSSR count). The molecular weight excluding hydrogens is 304 g/mol. The van der Waals surface area contributed by atoms with Crippen molar-refractivity contribution in [2.45, 2.75) is 44.7 Å². The fourth-order valence-corrected chi connectivity index (χ4v) is 3.65. The molecule has 2 atom stereocenters. The van der Waals surface area contributed by atoms with E-state index in [1.165, 1.54) is 11.1 Å². The quantitative estimate of drug-likeness (QED) is 0.762. The predicted molar refractivity (Wildman–Crippen MR) is 93.7 cm³/mol. The van der Waals surface area contributed by atoms with Crippen LogP contribution in [0, 0.1) is 6.92 Å². The van der Waals surface area contributed by atoms with Crippen molar-refractivity contribution in [1.29, 1.82) is 0 Å². The van der Waals surface area contributed by atoms with Crippen molar-refractivity contribution in [1.82, 2.24) is 10.2 Å². The van der Waals surface area contributed by atoms with Gasteiger partial charge in [0.25, 0.3) is 0 Å². The number of hydrogen-bond acceptors (Lipinski definition) is 4. The molecule has 130 valence electrons. The first-order valence-electron chi connectivity index (χ1n) is 8.71. The minimum atomic E-state index is -0.195. The van der Waals surface area contributed by atoms with Crippen LogP contribution >= 0.6 is 0 Å². The highest BCUT2D eigenvalue weighted by molar-refractivity contribution is 5.88. The number of carbonyl (C=O) groups is 2. The largest absolute Gasteiger partial charge is 0.373 e. The third-order valence-corrected chi connectivity index (χ3v) is 4.87. The molecule has 0 bridgehead atoms. The van der Waals surface area contributed by atoms with E-state index in [1.54, 1.807) is 0 Å². The van der Waals surface area contributed by atoms with Crippen molar-refractivity contribution in [3.63, 3.8) is 0 Å². The maximum absolute atomic E-state index is 12.9. The fraction of sp³-hybridized carbons (Fsp3) is 0.556. The SMILES string of the molecule is Cc1cccc2c1NC(C(=O)N1CCCC(NC(=O)CCN)C1)C2. The standard InChI is InChI=1S/C18H26N4O2/c1-12-4-2-5-13-10-15(21-17(12)13)18(24)22-9-3-6-14(11-22)20-16(23)7-8-19/h2,4-5,14-15,21H,3,6-11,19H2,1H3,(H,20,23). The maximum Gasteiger partial charge on any atom is 0.245 e. The Labute approximate surface area is 142 Å². The molecule has 1 aromatic carbocycles. The first-order chi connectivity index (χ1) is 11.6. The number of fused-ring (bicyclic) bond motifs is 1. The van der Waals surface area contributed by atoms with Gasteiger partial charge in [0, 0.05) is 44.2 Å². The number of likely N-dealkylation sites (tertiary alicyclic amines) is 1. The number of piperidine rings is 1. The van der Waals surface area contributed by atoms with E-state index in [0.29, 0.717) is 19.5 Å². The molecule has 2 aliphatic rings. The number of anilines is 1. The summed E-state index contributed by atoms with van der Waals surface area (Å²) in [6.45, 7) is 3.76. The number of nitrogens with two attached hydrogens (primary N) is 1. The summed E-state index contributed by atoms with van der Waals surface area (Å²) in [4.78, 5) is 26.5.